The highest BCUT2D eigenvalue weighted by atomic mass is 16.5. The summed E-state index contributed by atoms with van der Waals surface area (Å²) in [5, 5.41) is 14.0. The van der Waals surface area contributed by atoms with Crippen LogP contribution in [-0.4, -0.2) is 23.2 Å². The van der Waals surface area contributed by atoms with Crippen molar-refractivity contribution in [3.8, 4) is 17.2 Å². The van der Waals surface area contributed by atoms with Crippen molar-refractivity contribution in [2.45, 2.75) is 13.5 Å². The first-order chi connectivity index (χ1) is 12.2. The molecule has 0 fully saturated rings. The first-order valence-corrected chi connectivity index (χ1v) is 7.73. The number of hydrogen-bond acceptors (Lipinski definition) is 6. The lowest BCUT2D eigenvalue weighted by molar-refractivity contribution is -0.114. The summed E-state index contributed by atoms with van der Waals surface area (Å²) in [5.41, 5.74) is 2.38. The number of carbonyl (C=O) groups is 1. The normalized spacial score (nSPS) is 10.3. The highest BCUT2D eigenvalue weighted by Gasteiger charge is 2.12. The highest BCUT2D eigenvalue weighted by Crippen LogP contribution is 2.28. The third-order valence-corrected chi connectivity index (χ3v) is 3.45. The third-order valence-electron chi connectivity index (χ3n) is 3.45. The van der Waals surface area contributed by atoms with Gasteiger partial charge in [-0.3, -0.25) is 4.79 Å². The summed E-state index contributed by atoms with van der Waals surface area (Å²) in [4.78, 5) is 11.0. The van der Waals surface area contributed by atoms with Gasteiger partial charge in [0.1, 0.15) is 5.75 Å². The summed E-state index contributed by atoms with van der Waals surface area (Å²) >= 11 is 0. The molecule has 1 aromatic heterocycles. The van der Waals surface area contributed by atoms with Gasteiger partial charge in [-0.25, -0.2) is 0 Å². The maximum atomic E-state index is 11.0. The number of methoxy groups -OCH3 is 1. The van der Waals surface area contributed by atoms with E-state index in [2.05, 4.69) is 20.8 Å². The Balaban J connectivity index is 1.65. The Kier molecular flexibility index (Phi) is 4.94. The second kappa shape index (κ2) is 7.48. The second-order valence-corrected chi connectivity index (χ2v) is 5.31. The molecule has 0 spiro atoms. The fraction of sp³-hybridized carbons (Fsp3) is 0.167. The van der Waals surface area contributed by atoms with Gasteiger partial charge in [0.05, 0.1) is 19.2 Å². The van der Waals surface area contributed by atoms with E-state index in [1.54, 1.807) is 7.11 Å². The summed E-state index contributed by atoms with van der Waals surface area (Å²) in [6.07, 6.45) is 0. The topological polar surface area (TPSA) is 89.3 Å². The minimum atomic E-state index is -0.101. The first kappa shape index (κ1) is 16.5. The molecule has 0 aliphatic rings. The molecule has 0 saturated carbocycles. The molecule has 0 aliphatic heterocycles. The smallest absolute Gasteiger partial charge is 0.251 e. The first-order valence-electron chi connectivity index (χ1n) is 7.73. The zero-order valence-electron chi connectivity index (χ0n) is 13.9. The van der Waals surface area contributed by atoms with Crippen LogP contribution >= 0.6 is 0 Å². The van der Waals surface area contributed by atoms with E-state index in [0.717, 1.165) is 16.9 Å². The third kappa shape index (κ3) is 4.14. The van der Waals surface area contributed by atoms with Crippen LogP contribution < -0.4 is 15.4 Å². The fourth-order valence-corrected chi connectivity index (χ4v) is 2.31. The lowest BCUT2D eigenvalue weighted by atomic mass is 10.2. The van der Waals surface area contributed by atoms with Crippen molar-refractivity contribution in [1.82, 2.24) is 10.2 Å². The molecular weight excluding hydrogens is 320 g/mol. The molecule has 2 N–H and O–H groups in total. The van der Waals surface area contributed by atoms with Crippen molar-refractivity contribution >= 4 is 17.3 Å². The fourth-order valence-electron chi connectivity index (χ4n) is 2.31. The number of nitrogens with zero attached hydrogens (tertiary/aromatic N) is 2. The lowest BCUT2D eigenvalue weighted by Gasteiger charge is -2.06. The molecule has 0 atom stereocenters. The molecule has 3 aromatic rings. The summed E-state index contributed by atoms with van der Waals surface area (Å²) in [5.74, 6) is 1.46. The van der Waals surface area contributed by atoms with Crippen molar-refractivity contribution in [1.29, 1.82) is 0 Å². The van der Waals surface area contributed by atoms with Crippen molar-refractivity contribution < 1.29 is 13.9 Å². The molecule has 7 heteroatoms. The number of hydrogen-bond donors (Lipinski definition) is 2. The van der Waals surface area contributed by atoms with Crippen molar-refractivity contribution in [3.05, 3.63) is 54.4 Å². The van der Waals surface area contributed by atoms with Gasteiger partial charge in [0, 0.05) is 18.3 Å². The van der Waals surface area contributed by atoms with Gasteiger partial charge in [-0.05, 0) is 36.4 Å². The number of benzene rings is 2. The average Bonchev–Trinajstić information content (AvgIpc) is 3.09. The molecule has 1 amide bonds. The molecule has 1 heterocycles. The Labute approximate surface area is 145 Å². The number of nitrogens with one attached hydrogen (secondary N) is 2. The van der Waals surface area contributed by atoms with E-state index in [1.165, 1.54) is 6.92 Å². The molecule has 25 heavy (non-hydrogen) atoms. The molecule has 128 valence electrons. The molecule has 0 aliphatic carbocycles. The van der Waals surface area contributed by atoms with E-state index >= 15 is 0 Å². The van der Waals surface area contributed by atoms with Crippen LogP contribution in [-0.2, 0) is 11.3 Å². The SMILES string of the molecule is COc1ccccc1-c1nnc(CNc2ccc(NC(C)=O)cc2)o1. The predicted octanol–water partition coefficient (Wildman–Crippen LogP) is 3.32. The van der Waals surface area contributed by atoms with E-state index in [-0.39, 0.29) is 5.91 Å². The zero-order chi connectivity index (χ0) is 17.6. The molecule has 0 radical (unpaired) electrons. The number of ether oxygens (including phenoxy) is 1. The van der Waals surface area contributed by atoms with Gasteiger partial charge >= 0.3 is 0 Å². The van der Waals surface area contributed by atoms with Crippen LogP contribution in [0.3, 0.4) is 0 Å². The Morgan fingerprint density at radius 1 is 1.08 bits per heavy atom. The van der Waals surface area contributed by atoms with Crippen LogP contribution in [0.1, 0.15) is 12.8 Å². The number of carbonyl (C=O) groups excluding carboxylic acids is 1. The molecule has 7 nitrogen and oxygen atoms in total. The van der Waals surface area contributed by atoms with E-state index < -0.39 is 0 Å². The summed E-state index contributed by atoms with van der Waals surface area (Å²) in [6, 6.07) is 14.8. The minimum absolute atomic E-state index is 0.101. The maximum absolute atomic E-state index is 11.0. The number of rotatable bonds is 6. The Hall–Kier alpha value is -3.35. The number of aromatic nitrogens is 2. The standard InChI is InChI=1S/C18H18N4O3/c1-12(23)20-14-9-7-13(8-10-14)19-11-17-21-22-18(25-17)15-5-3-4-6-16(15)24-2/h3-10,19H,11H2,1-2H3,(H,20,23). The van der Waals surface area contributed by atoms with E-state index in [1.807, 2.05) is 48.5 Å². The minimum Gasteiger partial charge on any atom is -0.496 e. The molecule has 0 saturated heterocycles. The van der Waals surface area contributed by atoms with Crippen molar-refractivity contribution in [2.75, 3.05) is 17.7 Å². The van der Waals surface area contributed by atoms with Crippen LogP contribution in [0, 0.1) is 0 Å². The molecule has 3 rings (SSSR count). The predicted molar refractivity (Wildman–Crippen MR) is 94.4 cm³/mol. The quantitative estimate of drug-likeness (QED) is 0.717. The van der Waals surface area contributed by atoms with Crippen LogP contribution in [0.5, 0.6) is 5.75 Å². The highest BCUT2D eigenvalue weighted by molar-refractivity contribution is 5.88. The Morgan fingerprint density at radius 2 is 1.80 bits per heavy atom. The number of amides is 1. The van der Waals surface area contributed by atoms with E-state index in [9.17, 15) is 4.79 Å². The summed E-state index contributed by atoms with van der Waals surface area (Å²) in [6.45, 7) is 1.86. The van der Waals surface area contributed by atoms with Gasteiger partial charge < -0.3 is 19.8 Å². The maximum Gasteiger partial charge on any atom is 0.251 e. The van der Waals surface area contributed by atoms with Crippen LogP contribution in [0.15, 0.2) is 52.9 Å². The largest absolute Gasteiger partial charge is 0.496 e. The van der Waals surface area contributed by atoms with Gasteiger partial charge in [0.25, 0.3) is 5.89 Å². The summed E-state index contributed by atoms with van der Waals surface area (Å²) in [7, 11) is 1.60. The summed E-state index contributed by atoms with van der Waals surface area (Å²) < 4.78 is 11.0. The molecular formula is C18H18N4O3. The van der Waals surface area contributed by atoms with E-state index in [0.29, 0.717) is 24.1 Å². The van der Waals surface area contributed by atoms with Gasteiger partial charge in [0.2, 0.25) is 11.8 Å². The van der Waals surface area contributed by atoms with Crippen molar-refractivity contribution in [3.63, 3.8) is 0 Å². The number of anilines is 2. The van der Waals surface area contributed by atoms with Gasteiger partial charge in [0.15, 0.2) is 0 Å². The lowest BCUT2D eigenvalue weighted by Crippen LogP contribution is -2.05. The number of para-hydroxylation sites is 1. The zero-order valence-corrected chi connectivity index (χ0v) is 13.9. The van der Waals surface area contributed by atoms with Crippen LogP contribution in [0.4, 0.5) is 11.4 Å². The molecule has 0 bridgehead atoms. The van der Waals surface area contributed by atoms with Crippen LogP contribution in [0.2, 0.25) is 0 Å². The molecule has 2 aromatic carbocycles. The van der Waals surface area contributed by atoms with E-state index in [4.69, 9.17) is 9.15 Å². The van der Waals surface area contributed by atoms with Gasteiger partial charge in [-0.2, -0.15) is 0 Å². The second-order valence-electron chi connectivity index (χ2n) is 5.31. The van der Waals surface area contributed by atoms with Crippen LogP contribution in [0.25, 0.3) is 11.5 Å². The molecule has 0 unspecified atom stereocenters. The van der Waals surface area contributed by atoms with Gasteiger partial charge in [-0.1, -0.05) is 12.1 Å². The van der Waals surface area contributed by atoms with Crippen molar-refractivity contribution in [2.24, 2.45) is 0 Å². The van der Waals surface area contributed by atoms with Gasteiger partial charge in [-0.15, -0.1) is 10.2 Å². The Morgan fingerprint density at radius 3 is 2.52 bits per heavy atom. The average molecular weight is 338 g/mol. The Bertz CT molecular complexity index is 859. The monoisotopic (exact) mass is 338 g/mol.